The van der Waals surface area contributed by atoms with Crippen molar-refractivity contribution in [2.24, 2.45) is 0 Å². The summed E-state index contributed by atoms with van der Waals surface area (Å²) in [5.41, 5.74) is 1.65. The van der Waals surface area contributed by atoms with Gasteiger partial charge in [0.25, 0.3) is 0 Å². The second kappa shape index (κ2) is 7.30. The van der Waals surface area contributed by atoms with Gasteiger partial charge in [0.05, 0.1) is 5.57 Å². The van der Waals surface area contributed by atoms with Crippen LogP contribution in [0.2, 0.25) is 0 Å². The molecule has 5 nitrogen and oxygen atoms in total. The van der Waals surface area contributed by atoms with E-state index in [1.165, 1.54) is 0 Å². The number of anilines is 1. The van der Waals surface area contributed by atoms with E-state index in [1.807, 2.05) is 32.0 Å². The van der Waals surface area contributed by atoms with Gasteiger partial charge in [-0.25, -0.2) is 9.59 Å². The van der Waals surface area contributed by atoms with Crippen molar-refractivity contribution in [2.75, 3.05) is 11.4 Å². The number of unbranched alkanes of at least 4 members (excludes halogenated alkanes) is 1. The standard InChI is InChI=1S/C20H27NO4/c1-5-8-9-13-10-11-16-14(12-13)17(18(22)23)15(6-2)20(4,19(24)25)21(16)7-3/h10-12H,5-9H2,1-4H3,(H,22,23)(H,24,25). The molecule has 25 heavy (non-hydrogen) atoms. The van der Waals surface area contributed by atoms with Gasteiger partial charge in [0.1, 0.15) is 0 Å². The molecule has 0 aromatic heterocycles. The van der Waals surface area contributed by atoms with E-state index in [1.54, 1.807) is 11.8 Å². The largest absolute Gasteiger partial charge is 0.479 e. The predicted molar refractivity (Wildman–Crippen MR) is 99.0 cm³/mol. The van der Waals surface area contributed by atoms with Crippen molar-refractivity contribution in [1.29, 1.82) is 0 Å². The summed E-state index contributed by atoms with van der Waals surface area (Å²) in [6.07, 6.45) is 3.37. The first-order valence-electron chi connectivity index (χ1n) is 8.94. The summed E-state index contributed by atoms with van der Waals surface area (Å²) in [6.45, 7) is 7.93. The topological polar surface area (TPSA) is 77.8 Å². The minimum absolute atomic E-state index is 0.144. The number of aryl methyl sites for hydroxylation is 1. The lowest BCUT2D eigenvalue weighted by molar-refractivity contribution is -0.141. The number of aliphatic carboxylic acids is 2. The first kappa shape index (κ1) is 19.0. The number of carboxylic acid groups (broad SMARTS) is 2. The molecule has 5 heteroatoms. The summed E-state index contributed by atoms with van der Waals surface area (Å²) in [5.74, 6) is -2.08. The Morgan fingerprint density at radius 1 is 1.16 bits per heavy atom. The Hall–Kier alpha value is -2.30. The molecule has 2 N–H and O–H groups in total. The predicted octanol–water partition coefficient (Wildman–Crippen LogP) is 3.96. The van der Waals surface area contributed by atoms with E-state index in [2.05, 4.69) is 6.92 Å². The van der Waals surface area contributed by atoms with Gasteiger partial charge in [-0.05, 0) is 56.4 Å². The minimum Gasteiger partial charge on any atom is -0.479 e. The van der Waals surface area contributed by atoms with E-state index in [-0.39, 0.29) is 5.57 Å². The van der Waals surface area contributed by atoms with Crippen LogP contribution in [0.1, 0.15) is 58.1 Å². The van der Waals surface area contributed by atoms with Gasteiger partial charge in [-0.3, -0.25) is 0 Å². The van der Waals surface area contributed by atoms with Gasteiger partial charge >= 0.3 is 11.9 Å². The molecule has 1 aromatic carbocycles. The summed E-state index contributed by atoms with van der Waals surface area (Å²) < 4.78 is 0. The Bertz CT molecular complexity index is 722. The summed E-state index contributed by atoms with van der Waals surface area (Å²) in [5, 5.41) is 19.8. The second-order valence-corrected chi connectivity index (χ2v) is 6.59. The van der Waals surface area contributed by atoms with Crippen LogP contribution in [0.15, 0.2) is 23.8 Å². The Morgan fingerprint density at radius 3 is 2.32 bits per heavy atom. The van der Waals surface area contributed by atoms with Crippen molar-refractivity contribution in [2.45, 2.75) is 58.9 Å². The van der Waals surface area contributed by atoms with Crippen molar-refractivity contribution < 1.29 is 19.8 Å². The third kappa shape index (κ3) is 3.03. The average molecular weight is 345 g/mol. The molecule has 136 valence electrons. The highest BCUT2D eigenvalue weighted by atomic mass is 16.4. The summed E-state index contributed by atoms with van der Waals surface area (Å²) in [4.78, 5) is 26.0. The lowest BCUT2D eigenvalue weighted by Crippen LogP contribution is -2.56. The molecule has 1 aromatic rings. The van der Waals surface area contributed by atoms with Gasteiger partial charge in [-0.2, -0.15) is 0 Å². The molecule has 1 atom stereocenters. The van der Waals surface area contributed by atoms with E-state index >= 15 is 0 Å². The molecule has 0 saturated heterocycles. The highest BCUT2D eigenvalue weighted by Crippen LogP contribution is 2.45. The zero-order chi connectivity index (χ0) is 18.8. The van der Waals surface area contributed by atoms with Crippen LogP contribution in [0.25, 0.3) is 5.57 Å². The van der Waals surface area contributed by atoms with Gasteiger partial charge in [0, 0.05) is 17.8 Å². The minimum atomic E-state index is -1.35. The Morgan fingerprint density at radius 2 is 1.84 bits per heavy atom. The first-order valence-corrected chi connectivity index (χ1v) is 8.94. The molecular weight excluding hydrogens is 318 g/mol. The number of carboxylic acids is 2. The fourth-order valence-corrected chi connectivity index (χ4v) is 3.86. The molecule has 0 saturated carbocycles. The Labute approximate surface area is 149 Å². The normalized spacial score (nSPS) is 19.8. The maximum Gasteiger partial charge on any atom is 0.336 e. The fourth-order valence-electron chi connectivity index (χ4n) is 3.86. The van der Waals surface area contributed by atoms with Crippen LogP contribution < -0.4 is 4.90 Å². The summed E-state index contributed by atoms with van der Waals surface area (Å²) in [7, 11) is 0. The van der Waals surface area contributed by atoms with Crippen molar-refractivity contribution in [3.8, 4) is 0 Å². The molecule has 1 aliphatic rings. The molecule has 0 aliphatic carbocycles. The van der Waals surface area contributed by atoms with Crippen LogP contribution in [-0.4, -0.2) is 34.2 Å². The van der Waals surface area contributed by atoms with Crippen molar-refractivity contribution in [3.05, 3.63) is 34.9 Å². The van der Waals surface area contributed by atoms with Crippen molar-refractivity contribution >= 4 is 23.2 Å². The molecule has 0 bridgehead atoms. The van der Waals surface area contributed by atoms with E-state index in [4.69, 9.17) is 0 Å². The number of rotatable bonds is 7. The molecule has 1 aliphatic heterocycles. The van der Waals surface area contributed by atoms with Crippen molar-refractivity contribution in [1.82, 2.24) is 0 Å². The summed E-state index contributed by atoms with van der Waals surface area (Å²) in [6, 6.07) is 5.78. The fraction of sp³-hybridized carbons (Fsp3) is 0.500. The molecule has 1 unspecified atom stereocenters. The van der Waals surface area contributed by atoms with Crippen LogP contribution in [0.3, 0.4) is 0 Å². The van der Waals surface area contributed by atoms with Crippen LogP contribution in [0, 0.1) is 0 Å². The Kier molecular flexibility index (Phi) is 5.55. The number of fused-ring (bicyclic) bond motifs is 1. The quantitative estimate of drug-likeness (QED) is 0.782. The molecule has 0 spiro atoms. The van der Waals surface area contributed by atoms with Crippen LogP contribution >= 0.6 is 0 Å². The van der Waals surface area contributed by atoms with E-state index in [9.17, 15) is 19.8 Å². The van der Waals surface area contributed by atoms with Gasteiger partial charge in [0.2, 0.25) is 0 Å². The number of likely N-dealkylation sites (N-methyl/N-ethyl adjacent to an activating group) is 1. The summed E-state index contributed by atoms with van der Waals surface area (Å²) >= 11 is 0. The van der Waals surface area contributed by atoms with E-state index in [0.717, 1.165) is 24.8 Å². The van der Waals surface area contributed by atoms with E-state index in [0.29, 0.717) is 29.8 Å². The lowest BCUT2D eigenvalue weighted by Gasteiger charge is -2.45. The number of hydrogen-bond acceptors (Lipinski definition) is 3. The first-order chi connectivity index (χ1) is 11.8. The molecule has 2 rings (SSSR count). The number of hydrogen-bond donors (Lipinski definition) is 2. The maximum atomic E-state index is 12.1. The highest BCUT2D eigenvalue weighted by molar-refractivity contribution is 6.21. The molecule has 1 heterocycles. The van der Waals surface area contributed by atoms with Gasteiger partial charge in [-0.1, -0.05) is 26.3 Å². The average Bonchev–Trinajstić information content (AvgIpc) is 2.58. The smallest absolute Gasteiger partial charge is 0.336 e. The number of benzene rings is 1. The number of carbonyl (C=O) groups is 2. The van der Waals surface area contributed by atoms with Crippen molar-refractivity contribution in [3.63, 3.8) is 0 Å². The zero-order valence-electron chi connectivity index (χ0n) is 15.4. The van der Waals surface area contributed by atoms with Gasteiger partial charge < -0.3 is 15.1 Å². The third-order valence-corrected chi connectivity index (χ3v) is 5.17. The lowest BCUT2D eigenvalue weighted by atomic mass is 9.77. The molecule has 0 fully saturated rings. The SMILES string of the molecule is CCCCc1ccc2c(c1)C(C(=O)O)=C(CC)C(C)(C(=O)O)N2CC. The zero-order valence-corrected chi connectivity index (χ0v) is 15.4. The van der Waals surface area contributed by atoms with Crippen LogP contribution in [0.5, 0.6) is 0 Å². The number of nitrogens with zero attached hydrogens (tertiary/aromatic N) is 1. The molecule has 0 amide bonds. The monoisotopic (exact) mass is 345 g/mol. The van der Waals surface area contributed by atoms with E-state index < -0.39 is 17.5 Å². The molecule has 0 radical (unpaired) electrons. The molecular formula is C20H27NO4. The third-order valence-electron chi connectivity index (χ3n) is 5.17. The van der Waals surface area contributed by atoms with Gasteiger partial charge in [-0.15, -0.1) is 0 Å². The maximum absolute atomic E-state index is 12.1. The van der Waals surface area contributed by atoms with Crippen LogP contribution in [0.4, 0.5) is 5.69 Å². The second-order valence-electron chi connectivity index (χ2n) is 6.59. The van der Waals surface area contributed by atoms with Crippen LogP contribution in [-0.2, 0) is 16.0 Å². The van der Waals surface area contributed by atoms with Gasteiger partial charge in [0.15, 0.2) is 5.54 Å². The highest BCUT2D eigenvalue weighted by Gasteiger charge is 2.48. The Balaban J connectivity index is 2.78.